The van der Waals surface area contributed by atoms with Crippen molar-refractivity contribution in [3.63, 3.8) is 0 Å². The number of aromatic nitrogens is 2. The minimum Gasteiger partial charge on any atom is -0.486 e. The number of carbonyl (C=O) groups excluding carboxylic acids is 1. The summed E-state index contributed by atoms with van der Waals surface area (Å²) in [6.45, 7) is 7.19. The van der Waals surface area contributed by atoms with E-state index in [2.05, 4.69) is 72.7 Å². The molecule has 1 amide bonds. The van der Waals surface area contributed by atoms with Crippen LogP contribution >= 0.6 is 11.8 Å². The van der Waals surface area contributed by atoms with Crippen LogP contribution in [0, 0.1) is 13.8 Å². The van der Waals surface area contributed by atoms with Crippen molar-refractivity contribution in [3.05, 3.63) is 77.9 Å². The van der Waals surface area contributed by atoms with E-state index in [0.29, 0.717) is 42.0 Å². The van der Waals surface area contributed by atoms with E-state index in [1.165, 1.54) is 22.9 Å². The van der Waals surface area contributed by atoms with Gasteiger partial charge in [0.1, 0.15) is 13.2 Å². The van der Waals surface area contributed by atoms with Crippen LogP contribution < -0.4 is 14.8 Å². The first-order valence-corrected chi connectivity index (χ1v) is 13.0. The van der Waals surface area contributed by atoms with E-state index >= 15 is 0 Å². The molecule has 0 saturated heterocycles. The lowest BCUT2D eigenvalue weighted by Crippen LogP contribution is -2.25. The van der Waals surface area contributed by atoms with Gasteiger partial charge in [-0.1, -0.05) is 78.3 Å². The summed E-state index contributed by atoms with van der Waals surface area (Å²) in [6.07, 6.45) is 0.654. The number of hydrogen-bond acceptors (Lipinski definition) is 5. The van der Waals surface area contributed by atoms with E-state index in [1.807, 2.05) is 25.1 Å². The molecule has 2 N–H and O–H groups in total. The molecular formula is C29H29N3O3S. The minimum atomic E-state index is -0.318. The minimum absolute atomic E-state index is 0.0793. The van der Waals surface area contributed by atoms with Crippen LogP contribution in [0.3, 0.4) is 0 Å². The molecule has 1 aliphatic rings. The Morgan fingerprint density at radius 1 is 0.944 bits per heavy atom. The van der Waals surface area contributed by atoms with Crippen LogP contribution in [-0.2, 0) is 4.79 Å². The molecule has 0 bridgehead atoms. The lowest BCUT2D eigenvalue weighted by molar-refractivity contribution is -0.115. The van der Waals surface area contributed by atoms with Gasteiger partial charge in [0, 0.05) is 22.9 Å². The molecule has 1 atom stereocenters. The summed E-state index contributed by atoms with van der Waals surface area (Å²) in [4.78, 5) is 21.6. The van der Waals surface area contributed by atoms with Gasteiger partial charge in [0.25, 0.3) is 0 Å². The number of rotatable bonds is 7. The van der Waals surface area contributed by atoms with E-state index in [-0.39, 0.29) is 11.2 Å². The molecule has 184 valence electrons. The molecule has 6 nitrogen and oxygen atoms in total. The third-order valence-electron chi connectivity index (χ3n) is 6.07. The van der Waals surface area contributed by atoms with Gasteiger partial charge >= 0.3 is 0 Å². The number of imidazole rings is 1. The fraction of sp³-hybridized carbons (Fsp3) is 0.241. The van der Waals surface area contributed by atoms with E-state index in [1.54, 1.807) is 0 Å². The zero-order chi connectivity index (χ0) is 25.1. The van der Waals surface area contributed by atoms with E-state index in [9.17, 15) is 4.79 Å². The van der Waals surface area contributed by atoms with Crippen molar-refractivity contribution in [2.24, 2.45) is 0 Å². The average Bonchev–Trinajstić information content (AvgIpc) is 3.32. The molecule has 3 aromatic carbocycles. The van der Waals surface area contributed by atoms with Crippen molar-refractivity contribution in [3.8, 4) is 34.0 Å². The largest absolute Gasteiger partial charge is 0.486 e. The summed E-state index contributed by atoms with van der Waals surface area (Å²) in [6, 6.07) is 22.2. The van der Waals surface area contributed by atoms with Gasteiger partial charge in [-0.15, -0.1) is 0 Å². The highest BCUT2D eigenvalue weighted by molar-refractivity contribution is 8.00. The Morgan fingerprint density at radius 2 is 1.58 bits per heavy atom. The van der Waals surface area contributed by atoms with Crippen LogP contribution in [0.5, 0.6) is 11.5 Å². The topological polar surface area (TPSA) is 76.2 Å². The third-order valence-corrected chi connectivity index (χ3v) is 7.32. The number of nitrogens with one attached hydrogen (secondary N) is 2. The number of nitrogens with zero attached hydrogens (tertiary/aromatic N) is 1. The van der Waals surface area contributed by atoms with Crippen molar-refractivity contribution in [1.82, 2.24) is 9.97 Å². The number of fused-ring (bicyclic) bond motifs is 1. The molecule has 1 aromatic heterocycles. The number of H-pyrrole nitrogens is 1. The lowest BCUT2D eigenvalue weighted by Gasteiger charge is -2.19. The van der Waals surface area contributed by atoms with Crippen molar-refractivity contribution in [2.45, 2.75) is 37.6 Å². The average molecular weight is 500 g/mol. The van der Waals surface area contributed by atoms with Crippen LogP contribution in [0.25, 0.3) is 22.5 Å². The Hall–Kier alpha value is -3.71. The predicted octanol–water partition coefficient (Wildman–Crippen LogP) is 6.64. The number of ether oxygens (including phenoxy) is 2. The molecule has 1 unspecified atom stereocenters. The molecule has 36 heavy (non-hydrogen) atoms. The summed E-state index contributed by atoms with van der Waals surface area (Å²) < 4.78 is 11.2. The van der Waals surface area contributed by atoms with Gasteiger partial charge in [0.15, 0.2) is 16.7 Å². The van der Waals surface area contributed by atoms with Crippen LogP contribution in [0.2, 0.25) is 0 Å². The van der Waals surface area contributed by atoms with Crippen molar-refractivity contribution >= 4 is 23.4 Å². The maximum atomic E-state index is 13.2. The molecule has 0 spiro atoms. The summed E-state index contributed by atoms with van der Waals surface area (Å²) in [5.41, 5.74) is 7.00. The van der Waals surface area contributed by atoms with E-state index in [0.717, 1.165) is 22.5 Å². The summed E-state index contributed by atoms with van der Waals surface area (Å²) in [7, 11) is 0. The highest BCUT2D eigenvalue weighted by Gasteiger charge is 2.23. The van der Waals surface area contributed by atoms with Crippen molar-refractivity contribution in [1.29, 1.82) is 0 Å². The second-order valence-corrected chi connectivity index (χ2v) is 10.1. The molecule has 0 fully saturated rings. The summed E-state index contributed by atoms with van der Waals surface area (Å²) in [5, 5.41) is 3.42. The van der Waals surface area contributed by atoms with Crippen molar-refractivity contribution < 1.29 is 14.3 Å². The number of thioether (sulfide) groups is 1. The molecule has 7 heteroatoms. The first kappa shape index (κ1) is 24.0. The Balaban J connectivity index is 1.40. The van der Waals surface area contributed by atoms with Gasteiger partial charge in [0.2, 0.25) is 5.91 Å². The van der Waals surface area contributed by atoms with Gasteiger partial charge in [-0.05, 0) is 32.4 Å². The van der Waals surface area contributed by atoms with Crippen LogP contribution in [0.15, 0.2) is 71.9 Å². The molecule has 2 heterocycles. The zero-order valence-electron chi connectivity index (χ0n) is 20.6. The Morgan fingerprint density at radius 3 is 2.25 bits per heavy atom. The van der Waals surface area contributed by atoms with Gasteiger partial charge in [-0.3, -0.25) is 4.79 Å². The number of hydrogen-bond donors (Lipinski definition) is 2. The van der Waals surface area contributed by atoms with E-state index < -0.39 is 0 Å². The van der Waals surface area contributed by atoms with Gasteiger partial charge < -0.3 is 19.8 Å². The van der Waals surface area contributed by atoms with Crippen molar-refractivity contribution in [2.75, 3.05) is 18.5 Å². The summed E-state index contributed by atoms with van der Waals surface area (Å²) >= 11 is 1.44. The number of benzene rings is 3. The monoisotopic (exact) mass is 499 g/mol. The fourth-order valence-electron chi connectivity index (χ4n) is 4.06. The van der Waals surface area contributed by atoms with Gasteiger partial charge in [-0.25, -0.2) is 4.98 Å². The summed E-state index contributed by atoms with van der Waals surface area (Å²) in [5.74, 6) is 1.27. The third kappa shape index (κ3) is 5.26. The Kier molecular flexibility index (Phi) is 7.00. The first-order valence-electron chi connectivity index (χ1n) is 12.1. The molecule has 0 saturated carbocycles. The molecule has 1 aliphatic heterocycles. The lowest BCUT2D eigenvalue weighted by atomic mass is 10.0. The fourth-order valence-corrected chi connectivity index (χ4v) is 4.96. The molecule has 0 radical (unpaired) electrons. The molecule has 5 rings (SSSR count). The number of amides is 1. The number of aryl methyl sites for hydroxylation is 2. The van der Waals surface area contributed by atoms with Crippen LogP contribution in [0.4, 0.5) is 5.69 Å². The number of carbonyl (C=O) groups is 1. The molecule has 4 aromatic rings. The van der Waals surface area contributed by atoms with Gasteiger partial charge in [0.05, 0.1) is 16.6 Å². The SMILES string of the molecule is CCC(Sc1nc(-c2ccc(C)cc2)c(-c2ccc(C)cc2)[nH]1)C(=O)Nc1ccc2c(c1)OCCO2. The first-order chi connectivity index (χ1) is 17.5. The number of aromatic amines is 1. The second-order valence-electron chi connectivity index (χ2n) is 8.86. The van der Waals surface area contributed by atoms with Crippen LogP contribution in [-0.4, -0.2) is 34.3 Å². The predicted molar refractivity (Wildman–Crippen MR) is 145 cm³/mol. The Bertz CT molecular complexity index is 1300. The van der Waals surface area contributed by atoms with Gasteiger partial charge in [-0.2, -0.15) is 0 Å². The quantitative estimate of drug-likeness (QED) is 0.279. The highest BCUT2D eigenvalue weighted by Crippen LogP contribution is 2.36. The highest BCUT2D eigenvalue weighted by atomic mass is 32.2. The number of anilines is 1. The normalized spacial score (nSPS) is 13.3. The smallest absolute Gasteiger partial charge is 0.237 e. The molecule has 0 aliphatic carbocycles. The standard InChI is InChI=1S/C29H29N3O3S/c1-4-25(28(33)30-22-13-14-23-24(17-22)35-16-15-34-23)36-29-31-26(20-9-5-18(2)6-10-20)27(32-29)21-11-7-19(3)8-12-21/h5-14,17,25H,4,15-16H2,1-3H3,(H,30,33)(H,31,32). The van der Waals surface area contributed by atoms with Crippen LogP contribution in [0.1, 0.15) is 24.5 Å². The Labute approximate surface area is 215 Å². The zero-order valence-corrected chi connectivity index (χ0v) is 21.4. The van der Waals surface area contributed by atoms with E-state index in [4.69, 9.17) is 14.5 Å². The molecular weight excluding hydrogens is 470 g/mol. The maximum absolute atomic E-state index is 13.2. The second kappa shape index (κ2) is 10.5. The maximum Gasteiger partial charge on any atom is 0.237 e.